The molecule has 0 aromatic carbocycles. The summed E-state index contributed by atoms with van der Waals surface area (Å²) in [5.41, 5.74) is 4.59. The lowest BCUT2D eigenvalue weighted by Gasteiger charge is -2.23. The van der Waals surface area contributed by atoms with E-state index in [1.165, 1.54) is 0 Å². The van der Waals surface area contributed by atoms with Crippen molar-refractivity contribution >= 4 is 16.0 Å². The average molecular weight is 224 g/mol. The van der Waals surface area contributed by atoms with Crippen LogP contribution in [-0.2, 0) is 14.8 Å². The second kappa shape index (κ2) is 4.72. The fourth-order valence-electron chi connectivity index (χ4n) is 0.735. The third kappa shape index (κ3) is 5.90. The first kappa shape index (κ1) is 13.3. The number of aliphatic carboxylic acids is 1. The van der Waals surface area contributed by atoms with Gasteiger partial charge in [0.15, 0.2) is 0 Å². The third-order valence-corrected chi connectivity index (χ3v) is 3.13. The Morgan fingerprint density at radius 1 is 1.50 bits per heavy atom. The Morgan fingerprint density at radius 3 is 2.36 bits per heavy atom. The second-order valence-corrected chi connectivity index (χ2v) is 5.49. The average Bonchev–Trinajstić information content (AvgIpc) is 1.99. The predicted molar refractivity (Wildman–Crippen MR) is 52.3 cm³/mol. The highest BCUT2D eigenvalue weighted by Crippen LogP contribution is 2.02. The van der Waals surface area contributed by atoms with Crippen LogP contribution in [0.5, 0.6) is 0 Å². The van der Waals surface area contributed by atoms with Crippen LogP contribution in [0.2, 0.25) is 0 Å². The molecule has 0 heterocycles. The van der Waals surface area contributed by atoms with E-state index in [1.807, 2.05) is 0 Å². The zero-order valence-electron chi connectivity index (χ0n) is 8.28. The fraction of sp³-hybridized carbons (Fsp3) is 0.857. The van der Waals surface area contributed by atoms with Gasteiger partial charge in [0, 0.05) is 12.1 Å². The summed E-state index contributed by atoms with van der Waals surface area (Å²) in [7, 11) is -3.56. The fourth-order valence-corrected chi connectivity index (χ4v) is 2.21. The molecular formula is C7H16N2O4S. The predicted octanol–water partition coefficient (Wildman–Crippen LogP) is -0.882. The summed E-state index contributed by atoms with van der Waals surface area (Å²) in [6.45, 7) is 3.41. The number of carbonyl (C=O) groups is 1. The van der Waals surface area contributed by atoms with Gasteiger partial charge in [-0.2, -0.15) is 0 Å². The molecule has 0 unspecified atom stereocenters. The summed E-state index contributed by atoms with van der Waals surface area (Å²) in [6, 6.07) is 0. The SMILES string of the molecule is CC(C)(CN)NS(=O)(=O)CCC(=O)O. The minimum Gasteiger partial charge on any atom is -0.481 e. The zero-order valence-corrected chi connectivity index (χ0v) is 9.10. The van der Waals surface area contributed by atoms with Crippen molar-refractivity contribution in [3.63, 3.8) is 0 Å². The number of rotatable bonds is 6. The lowest BCUT2D eigenvalue weighted by molar-refractivity contribution is -0.136. The van der Waals surface area contributed by atoms with Gasteiger partial charge in [0.05, 0.1) is 12.2 Å². The molecule has 4 N–H and O–H groups in total. The topological polar surface area (TPSA) is 109 Å². The Balaban J connectivity index is 4.29. The van der Waals surface area contributed by atoms with Crippen molar-refractivity contribution < 1.29 is 18.3 Å². The maximum absolute atomic E-state index is 11.3. The summed E-state index contributed by atoms with van der Waals surface area (Å²) in [4.78, 5) is 10.2. The highest BCUT2D eigenvalue weighted by atomic mass is 32.2. The highest BCUT2D eigenvalue weighted by molar-refractivity contribution is 7.89. The van der Waals surface area contributed by atoms with Crippen molar-refractivity contribution in [3.8, 4) is 0 Å². The van der Waals surface area contributed by atoms with Crippen molar-refractivity contribution in [3.05, 3.63) is 0 Å². The number of nitrogens with two attached hydrogens (primary N) is 1. The minimum atomic E-state index is -3.56. The van der Waals surface area contributed by atoms with Gasteiger partial charge < -0.3 is 10.8 Å². The van der Waals surface area contributed by atoms with E-state index in [9.17, 15) is 13.2 Å². The van der Waals surface area contributed by atoms with Crippen LogP contribution >= 0.6 is 0 Å². The summed E-state index contributed by atoms with van der Waals surface area (Å²) in [5.74, 6) is -1.56. The largest absolute Gasteiger partial charge is 0.481 e. The van der Waals surface area contributed by atoms with E-state index in [-0.39, 0.29) is 6.54 Å². The van der Waals surface area contributed by atoms with Crippen molar-refractivity contribution in [1.29, 1.82) is 0 Å². The normalized spacial score (nSPS) is 12.8. The van der Waals surface area contributed by atoms with E-state index in [4.69, 9.17) is 10.8 Å². The van der Waals surface area contributed by atoms with Crippen LogP contribution in [0.25, 0.3) is 0 Å². The molecule has 0 spiro atoms. The van der Waals surface area contributed by atoms with Gasteiger partial charge in [0.25, 0.3) is 0 Å². The molecule has 0 aliphatic rings. The van der Waals surface area contributed by atoms with Crippen LogP contribution in [-0.4, -0.2) is 37.3 Å². The molecule has 0 radical (unpaired) electrons. The quantitative estimate of drug-likeness (QED) is 0.542. The molecule has 0 aromatic heterocycles. The summed E-state index contributed by atoms with van der Waals surface area (Å²) in [6.07, 6.45) is -0.407. The van der Waals surface area contributed by atoms with Gasteiger partial charge >= 0.3 is 5.97 Å². The lowest BCUT2D eigenvalue weighted by Crippen LogP contribution is -2.49. The zero-order chi connectivity index (χ0) is 11.4. The highest BCUT2D eigenvalue weighted by Gasteiger charge is 2.23. The number of carboxylic acid groups (broad SMARTS) is 1. The molecule has 0 fully saturated rings. The van der Waals surface area contributed by atoms with E-state index in [0.717, 1.165) is 0 Å². The van der Waals surface area contributed by atoms with Crippen LogP contribution < -0.4 is 10.5 Å². The van der Waals surface area contributed by atoms with Crippen molar-refractivity contribution in [1.82, 2.24) is 4.72 Å². The Hall–Kier alpha value is -0.660. The number of hydrogen-bond donors (Lipinski definition) is 3. The molecule has 14 heavy (non-hydrogen) atoms. The van der Waals surface area contributed by atoms with E-state index >= 15 is 0 Å². The summed E-state index contributed by atoms with van der Waals surface area (Å²) in [5, 5.41) is 8.32. The summed E-state index contributed by atoms with van der Waals surface area (Å²) >= 11 is 0. The second-order valence-electron chi connectivity index (χ2n) is 3.65. The smallest absolute Gasteiger partial charge is 0.304 e. The maximum atomic E-state index is 11.3. The first-order valence-corrected chi connectivity index (χ1v) is 5.77. The van der Waals surface area contributed by atoms with Crippen LogP contribution in [0.15, 0.2) is 0 Å². The van der Waals surface area contributed by atoms with Crippen molar-refractivity contribution in [2.75, 3.05) is 12.3 Å². The van der Waals surface area contributed by atoms with E-state index in [2.05, 4.69) is 4.72 Å². The molecule has 0 atom stereocenters. The Bertz CT molecular complexity index is 297. The molecule has 0 amide bonds. The van der Waals surface area contributed by atoms with Crippen LogP contribution in [0, 0.1) is 0 Å². The third-order valence-electron chi connectivity index (χ3n) is 1.53. The maximum Gasteiger partial charge on any atom is 0.304 e. The van der Waals surface area contributed by atoms with Gasteiger partial charge in [-0.3, -0.25) is 4.79 Å². The Kier molecular flexibility index (Phi) is 4.50. The van der Waals surface area contributed by atoms with E-state index in [1.54, 1.807) is 13.8 Å². The van der Waals surface area contributed by atoms with Crippen LogP contribution in [0.4, 0.5) is 0 Å². The van der Waals surface area contributed by atoms with Crippen molar-refractivity contribution in [2.24, 2.45) is 5.73 Å². The number of carboxylic acids is 1. The number of nitrogens with one attached hydrogen (secondary N) is 1. The molecule has 0 aromatic rings. The minimum absolute atomic E-state index is 0.152. The molecule has 7 heteroatoms. The van der Waals surface area contributed by atoms with Gasteiger partial charge in [-0.05, 0) is 13.8 Å². The molecule has 0 rings (SSSR count). The molecule has 0 aliphatic heterocycles. The van der Waals surface area contributed by atoms with Crippen LogP contribution in [0.1, 0.15) is 20.3 Å². The number of hydrogen-bond acceptors (Lipinski definition) is 4. The molecule has 0 saturated carbocycles. The first-order valence-electron chi connectivity index (χ1n) is 4.12. The Labute approximate surface area is 83.5 Å². The van der Waals surface area contributed by atoms with Gasteiger partial charge in [-0.25, -0.2) is 13.1 Å². The molecule has 0 saturated heterocycles. The molecule has 84 valence electrons. The summed E-state index contributed by atoms with van der Waals surface area (Å²) < 4.78 is 24.9. The van der Waals surface area contributed by atoms with Gasteiger partial charge in [-0.1, -0.05) is 0 Å². The molecule has 6 nitrogen and oxygen atoms in total. The lowest BCUT2D eigenvalue weighted by atomic mass is 10.1. The standard InChI is InChI=1S/C7H16N2O4S/c1-7(2,5-8)9-14(12,13)4-3-6(10)11/h9H,3-5,8H2,1-2H3,(H,10,11). The van der Waals surface area contributed by atoms with Crippen molar-refractivity contribution in [2.45, 2.75) is 25.8 Å². The number of sulfonamides is 1. The monoisotopic (exact) mass is 224 g/mol. The van der Waals surface area contributed by atoms with E-state index < -0.39 is 33.7 Å². The van der Waals surface area contributed by atoms with Crippen LogP contribution in [0.3, 0.4) is 0 Å². The van der Waals surface area contributed by atoms with Gasteiger partial charge in [-0.15, -0.1) is 0 Å². The van der Waals surface area contributed by atoms with Gasteiger partial charge in [0.1, 0.15) is 0 Å². The van der Waals surface area contributed by atoms with E-state index in [0.29, 0.717) is 0 Å². The molecule has 0 aliphatic carbocycles. The molecule has 0 bridgehead atoms. The molecular weight excluding hydrogens is 208 g/mol. The Morgan fingerprint density at radius 2 is 2.00 bits per heavy atom. The first-order chi connectivity index (χ1) is 6.18. The van der Waals surface area contributed by atoms with Gasteiger partial charge in [0.2, 0.25) is 10.0 Å².